The van der Waals surface area contributed by atoms with Crippen LogP contribution in [0.3, 0.4) is 0 Å². The summed E-state index contributed by atoms with van der Waals surface area (Å²) in [6.07, 6.45) is 10.1. The number of hydrogen-bond donors (Lipinski definition) is 0. The van der Waals surface area contributed by atoms with Crippen molar-refractivity contribution in [3.63, 3.8) is 0 Å². The van der Waals surface area contributed by atoms with Crippen molar-refractivity contribution in [2.75, 3.05) is 0 Å². The molecule has 1 nitrogen and oxygen atoms in total. The lowest BCUT2D eigenvalue weighted by molar-refractivity contribution is 0.583. The first kappa shape index (κ1) is 12.4. The number of rotatable bonds is 6. The molecule has 0 saturated carbocycles. The average molecular weight is 181 g/mol. The third-order valence-electron chi connectivity index (χ3n) is 1.72. The van der Waals surface area contributed by atoms with Gasteiger partial charge in [0.1, 0.15) is 0 Å². The quantitative estimate of drug-likeness (QED) is 0.334. The van der Waals surface area contributed by atoms with Gasteiger partial charge in [-0.15, -0.1) is 6.58 Å². The van der Waals surface area contributed by atoms with E-state index in [1.54, 1.807) is 0 Å². The summed E-state index contributed by atoms with van der Waals surface area (Å²) in [6.45, 7) is 10.1. The molecule has 0 aliphatic carbocycles. The van der Waals surface area contributed by atoms with Crippen molar-refractivity contribution in [2.45, 2.75) is 58.4 Å². The second kappa shape index (κ2) is 6.88. The molecule has 0 aliphatic rings. The zero-order chi connectivity index (χ0) is 10.2. The van der Waals surface area contributed by atoms with E-state index < -0.39 is 0 Å². The van der Waals surface area contributed by atoms with Crippen LogP contribution < -0.4 is 0 Å². The summed E-state index contributed by atoms with van der Waals surface area (Å²) in [5.74, 6) is 0. The van der Waals surface area contributed by atoms with Crippen LogP contribution in [0, 0.1) is 0 Å². The van der Waals surface area contributed by atoms with E-state index in [4.69, 9.17) is 0 Å². The lowest BCUT2D eigenvalue weighted by Gasteiger charge is -2.10. The minimum absolute atomic E-state index is 0.0983. The molecule has 1 heteroatoms. The number of aliphatic imine (C=N–C) groups is 1. The Balaban J connectivity index is 3.25. The van der Waals surface area contributed by atoms with E-state index in [0.717, 1.165) is 12.8 Å². The molecule has 0 unspecified atom stereocenters. The smallest absolute Gasteiger partial charge is 0.0520 e. The van der Waals surface area contributed by atoms with Crippen LogP contribution in [0.25, 0.3) is 0 Å². The van der Waals surface area contributed by atoms with Gasteiger partial charge < -0.3 is 0 Å². The highest BCUT2D eigenvalue weighted by atomic mass is 14.8. The summed E-state index contributed by atoms with van der Waals surface area (Å²) in [6, 6.07) is 0. The molecule has 0 radical (unpaired) electrons. The third kappa shape index (κ3) is 11.4. The van der Waals surface area contributed by atoms with Crippen LogP contribution in [0.15, 0.2) is 17.6 Å². The van der Waals surface area contributed by atoms with Gasteiger partial charge in [0.05, 0.1) is 5.54 Å². The Labute approximate surface area is 83.0 Å². The molecule has 0 rings (SSSR count). The molecule has 0 spiro atoms. The summed E-state index contributed by atoms with van der Waals surface area (Å²) in [4.78, 5) is 4.43. The van der Waals surface area contributed by atoms with E-state index in [2.05, 4.69) is 38.6 Å². The molecule has 0 saturated heterocycles. The van der Waals surface area contributed by atoms with Gasteiger partial charge in [0.15, 0.2) is 0 Å². The fourth-order valence-electron chi connectivity index (χ4n) is 1.04. The summed E-state index contributed by atoms with van der Waals surface area (Å²) in [7, 11) is 0. The standard InChI is InChI=1S/C12H23N/c1-5-6-7-8-9-10-11-13-12(2,3)4/h5,11H,1,6-10H2,2-4H3. The first-order chi connectivity index (χ1) is 6.06. The lowest BCUT2D eigenvalue weighted by atomic mass is 10.1. The van der Waals surface area contributed by atoms with Crippen LogP contribution in [0.5, 0.6) is 0 Å². The Kier molecular flexibility index (Phi) is 6.56. The highest BCUT2D eigenvalue weighted by Gasteiger charge is 2.03. The normalized spacial score (nSPS) is 12.2. The molecule has 0 aromatic heterocycles. The van der Waals surface area contributed by atoms with E-state index in [0.29, 0.717) is 0 Å². The second-order valence-corrected chi connectivity index (χ2v) is 4.41. The van der Waals surface area contributed by atoms with Gasteiger partial charge in [0.25, 0.3) is 0 Å². The fourth-order valence-corrected chi connectivity index (χ4v) is 1.04. The van der Waals surface area contributed by atoms with Crippen molar-refractivity contribution in [3.05, 3.63) is 12.7 Å². The Hall–Kier alpha value is -0.590. The van der Waals surface area contributed by atoms with Gasteiger partial charge in [0.2, 0.25) is 0 Å². The minimum atomic E-state index is 0.0983. The summed E-state index contributed by atoms with van der Waals surface area (Å²) in [5.41, 5.74) is 0.0983. The highest BCUT2D eigenvalue weighted by Crippen LogP contribution is 2.06. The molecular weight excluding hydrogens is 158 g/mol. The van der Waals surface area contributed by atoms with Crippen molar-refractivity contribution < 1.29 is 0 Å². The van der Waals surface area contributed by atoms with Crippen LogP contribution in [-0.2, 0) is 0 Å². The van der Waals surface area contributed by atoms with Gasteiger partial charge in [-0.1, -0.05) is 12.5 Å². The molecule has 0 aromatic carbocycles. The van der Waals surface area contributed by atoms with Crippen LogP contribution in [0.1, 0.15) is 52.9 Å². The molecule has 0 aromatic rings. The maximum absolute atomic E-state index is 4.43. The summed E-state index contributed by atoms with van der Waals surface area (Å²) < 4.78 is 0. The number of hydrogen-bond acceptors (Lipinski definition) is 1. The molecule has 0 fully saturated rings. The maximum atomic E-state index is 4.43. The van der Waals surface area contributed by atoms with E-state index in [9.17, 15) is 0 Å². The van der Waals surface area contributed by atoms with Crippen molar-refractivity contribution in [1.29, 1.82) is 0 Å². The lowest BCUT2D eigenvalue weighted by Crippen LogP contribution is -2.09. The van der Waals surface area contributed by atoms with Crippen molar-refractivity contribution in [1.82, 2.24) is 0 Å². The van der Waals surface area contributed by atoms with Gasteiger partial charge in [-0.3, -0.25) is 4.99 Å². The number of allylic oxidation sites excluding steroid dienone is 1. The summed E-state index contributed by atoms with van der Waals surface area (Å²) >= 11 is 0. The van der Waals surface area contributed by atoms with E-state index in [-0.39, 0.29) is 5.54 Å². The SMILES string of the molecule is C=CCCCCCC=NC(C)(C)C. The fraction of sp³-hybridized carbons (Fsp3) is 0.750. The maximum Gasteiger partial charge on any atom is 0.0520 e. The Morgan fingerprint density at radius 1 is 1.08 bits per heavy atom. The van der Waals surface area contributed by atoms with E-state index >= 15 is 0 Å². The Morgan fingerprint density at radius 3 is 2.23 bits per heavy atom. The van der Waals surface area contributed by atoms with E-state index in [1.807, 2.05) is 6.08 Å². The molecule has 76 valence electrons. The molecule has 0 atom stereocenters. The van der Waals surface area contributed by atoms with Gasteiger partial charge in [-0.05, 0) is 52.7 Å². The monoisotopic (exact) mass is 181 g/mol. The number of unbranched alkanes of at least 4 members (excludes halogenated alkanes) is 4. The van der Waals surface area contributed by atoms with Crippen molar-refractivity contribution >= 4 is 6.21 Å². The molecule has 0 N–H and O–H groups in total. The topological polar surface area (TPSA) is 12.4 Å². The molecule has 0 amide bonds. The van der Waals surface area contributed by atoms with Gasteiger partial charge in [-0.2, -0.15) is 0 Å². The Bertz CT molecular complexity index is 151. The van der Waals surface area contributed by atoms with E-state index in [1.165, 1.54) is 19.3 Å². The first-order valence-corrected chi connectivity index (χ1v) is 5.21. The third-order valence-corrected chi connectivity index (χ3v) is 1.72. The predicted octanol–water partition coefficient (Wildman–Crippen LogP) is 3.99. The molecule has 0 aliphatic heterocycles. The zero-order valence-corrected chi connectivity index (χ0v) is 9.34. The molecule has 0 heterocycles. The van der Waals surface area contributed by atoms with Crippen LogP contribution in [0.2, 0.25) is 0 Å². The van der Waals surface area contributed by atoms with Crippen molar-refractivity contribution in [2.24, 2.45) is 4.99 Å². The van der Waals surface area contributed by atoms with Gasteiger partial charge >= 0.3 is 0 Å². The van der Waals surface area contributed by atoms with Gasteiger partial charge in [0, 0.05) is 0 Å². The zero-order valence-electron chi connectivity index (χ0n) is 9.34. The average Bonchev–Trinajstić information content (AvgIpc) is 2.01. The first-order valence-electron chi connectivity index (χ1n) is 5.21. The molecule has 0 bridgehead atoms. The predicted molar refractivity (Wildman–Crippen MR) is 61.5 cm³/mol. The van der Waals surface area contributed by atoms with Crippen molar-refractivity contribution in [3.8, 4) is 0 Å². The molecular formula is C12H23N. The van der Waals surface area contributed by atoms with Gasteiger partial charge in [-0.25, -0.2) is 0 Å². The minimum Gasteiger partial charge on any atom is -0.292 e. The Morgan fingerprint density at radius 2 is 1.69 bits per heavy atom. The van der Waals surface area contributed by atoms with Crippen LogP contribution in [0.4, 0.5) is 0 Å². The molecule has 13 heavy (non-hydrogen) atoms. The largest absolute Gasteiger partial charge is 0.292 e. The van der Waals surface area contributed by atoms with Crippen LogP contribution >= 0.6 is 0 Å². The number of nitrogens with zero attached hydrogens (tertiary/aromatic N) is 1. The second-order valence-electron chi connectivity index (χ2n) is 4.41. The summed E-state index contributed by atoms with van der Waals surface area (Å²) in [5, 5.41) is 0. The highest BCUT2D eigenvalue weighted by molar-refractivity contribution is 5.57. The van der Waals surface area contributed by atoms with Crippen LogP contribution in [-0.4, -0.2) is 11.8 Å².